The van der Waals surface area contributed by atoms with Crippen LogP contribution in [-0.2, 0) is 5.41 Å². The predicted molar refractivity (Wildman–Crippen MR) is 67.9 cm³/mol. The van der Waals surface area contributed by atoms with Gasteiger partial charge in [0.25, 0.3) is 0 Å². The fourth-order valence-corrected chi connectivity index (χ4v) is 1.79. The third kappa shape index (κ3) is 2.59. The van der Waals surface area contributed by atoms with E-state index in [1.165, 1.54) is 5.56 Å². The summed E-state index contributed by atoms with van der Waals surface area (Å²) in [4.78, 5) is 0. The van der Waals surface area contributed by atoms with E-state index in [4.69, 9.17) is 4.42 Å². The SMILES string of the molecule is CC(C)(C)c1ccc([C@@H](O)c2ccoc2)cc1. The Morgan fingerprint density at radius 3 is 2.12 bits per heavy atom. The van der Waals surface area contributed by atoms with Gasteiger partial charge in [0.1, 0.15) is 6.10 Å². The van der Waals surface area contributed by atoms with Crippen molar-refractivity contribution < 1.29 is 9.52 Å². The van der Waals surface area contributed by atoms with Crippen molar-refractivity contribution in [3.63, 3.8) is 0 Å². The number of hydrogen-bond donors (Lipinski definition) is 1. The van der Waals surface area contributed by atoms with E-state index in [1.807, 2.05) is 12.1 Å². The quantitative estimate of drug-likeness (QED) is 0.854. The smallest absolute Gasteiger partial charge is 0.107 e. The Morgan fingerprint density at radius 2 is 1.65 bits per heavy atom. The molecule has 0 saturated carbocycles. The minimum absolute atomic E-state index is 0.138. The third-order valence-corrected chi connectivity index (χ3v) is 2.95. The van der Waals surface area contributed by atoms with Crippen LogP contribution in [-0.4, -0.2) is 5.11 Å². The van der Waals surface area contributed by atoms with E-state index < -0.39 is 6.10 Å². The van der Waals surface area contributed by atoms with Gasteiger partial charge in [-0.25, -0.2) is 0 Å². The second-order valence-corrected chi connectivity index (χ2v) is 5.33. The fraction of sp³-hybridized carbons (Fsp3) is 0.333. The average molecular weight is 230 g/mol. The van der Waals surface area contributed by atoms with Gasteiger partial charge in [0.05, 0.1) is 12.5 Å². The number of furan rings is 1. The molecule has 17 heavy (non-hydrogen) atoms. The Morgan fingerprint density at radius 1 is 1.00 bits per heavy atom. The molecule has 0 saturated heterocycles. The summed E-state index contributed by atoms with van der Waals surface area (Å²) in [6.45, 7) is 6.53. The van der Waals surface area contributed by atoms with Crippen LogP contribution >= 0.6 is 0 Å². The topological polar surface area (TPSA) is 33.4 Å². The summed E-state index contributed by atoms with van der Waals surface area (Å²) in [5.41, 5.74) is 3.08. The van der Waals surface area contributed by atoms with Crippen LogP contribution in [0, 0.1) is 0 Å². The first-order valence-electron chi connectivity index (χ1n) is 5.79. The number of benzene rings is 1. The van der Waals surface area contributed by atoms with Gasteiger partial charge in [-0.1, -0.05) is 45.0 Å². The minimum atomic E-state index is -0.609. The largest absolute Gasteiger partial charge is 0.472 e. The highest BCUT2D eigenvalue weighted by Gasteiger charge is 2.15. The Hall–Kier alpha value is -1.54. The Bertz CT molecular complexity index is 461. The molecular weight excluding hydrogens is 212 g/mol. The normalized spacial score (nSPS) is 13.6. The van der Waals surface area contributed by atoms with Gasteiger partial charge in [-0.05, 0) is 22.6 Å². The standard InChI is InChI=1S/C15H18O2/c1-15(2,3)13-6-4-11(5-7-13)14(16)12-8-9-17-10-12/h4-10,14,16H,1-3H3/t14-/m1/s1. The lowest BCUT2D eigenvalue weighted by atomic mass is 9.86. The van der Waals surface area contributed by atoms with Crippen LogP contribution in [0.15, 0.2) is 47.3 Å². The van der Waals surface area contributed by atoms with E-state index in [0.29, 0.717) is 0 Å². The van der Waals surface area contributed by atoms with Gasteiger partial charge in [-0.2, -0.15) is 0 Å². The first-order chi connectivity index (χ1) is 7.98. The zero-order chi connectivity index (χ0) is 12.5. The summed E-state index contributed by atoms with van der Waals surface area (Å²) >= 11 is 0. The highest BCUT2D eigenvalue weighted by molar-refractivity contribution is 5.32. The lowest BCUT2D eigenvalue weighted by Gasteiger charge is -2.19. The number of aliphatic hydroxyl groups is 1. The average Bonchev–Trinajstić information content (AvgIpc) is 2.80. The second-order valence-electron chi connectivity index (χ2n) is 5.33. The van der Waals surface area contributed by atoms with Gasteiger partial charge in [0.2, 0.25) is 0 Å². The van der Waals surface area contributed by atoms with Crippen LogP contribution in [0.3, 0.4) is 0 Å². The molecule has 2 nitrogen and oxygen atoms in total. The van der Waals surface area contributed by atoms with Crippen LogP contribution in [0.2, 0.25) is 0 Å². The molecule has 0 spiro atoms. The summed E-state index contributed by atoms with van der Waals surface area (Å²) in [6.07, 6.45) is 2.53. The molecule has 2 heteroatoms. The first kappa shape index (κ1) is 11.9. The molecular formula is C15H18O2. The van der Waals surface area contributed by atoms with Crippen molar-refractivity contribution in [3.8, 4) is 0 Å². The fourth-order valence-electron chi connectivity index (χ4n) is 1.79. The lowest BCUT2D eigenvalue weighted by Crippen LogP contribution is -2.11. The Kier molecular flexibility index (Phi) is 3.07. The number of aliphatic hydroxyl groups excluding tert-OH is 1. The minimum Gasteiger partial charge on any atom is -0.472 e. The molecule has 0 aliphatic rings. The molecule has 1 aromatic carbocycles. The molecule has 1 heterocycles. The van der Waals surface area contributed by atoms with Gasteiger partial charge < -0.3 is 9.52 Å². The predicted octanol–water partition coefficient (Wildman–Crippen LogP) is 3.66. The molecule has 1 atom stereocenters. The zero-order valence-electron chi connectivity index (χ0n) is 10.5. The summed E-state index contributed by atoms with van der Waals surface area (Å²) in [5.74, 6) is 0. The summed E-state index contributed by atoms with van der Waals surface area (Å²) in [5, 5.41) is 10.1. The molecule has 90 valence electrons. The van der Waals surface area contributed by atoms with Crippen LogP contribution < -0.4 is 0 Å². The van der Waals surface area contributed by atoms with E-state index in [-0.39, 0.29) is 5.41 Å². The van der Waals surface area contributed by atoms with E-state index in [9.17, 15) is 5.11 Å². The van der Waals surface area contributed by atoms with Gasteiger partial charge in [0, 0.05) is 5.56 Å². The molecule has 2 aromatic rings. The molecule has 0 bridgehead atoms. The maximum absolute atomic E-state index is 10.1. The van der Waals surface area contributed by atoms with Crippen LogP contribution in [0.1, 0.15) is 43.6 Å². The molecule has 1 N–H and O–H groups in total. The van der Waals surface area contributed by atoms with Gasteiger partial charge in [-0.3, -0.25) is 0 Å². The van der Waals surface area contributed by atoms with Gasteiger partial charge in [-0.15, -0.1) is 0 Å². The van der Waals surface area contributed by atoms with Crippen molar-refractivity contribution in [2.24, 2.45) is 0 Å². The van der Waals surface area contributed by atoms with Crippen LogP contribution in [0.4, 0.5) is 0 Å². The van der Waals surface area contributed by atoms with Gasteiger partial charge >= 0.3 is 0 Å². The van der Waals surface area contributed by atoms with Crippen LogP contribution in [0.5, 0.6) is 0 Å². The molecule has 0 aliphatic carbocycles. The molecule has 2 rings (SSSR count). The molecule has 0 radical (unpaired) electrons. The van der Waals surface area contributed by atoms with Crippen LogP contribution in [0.25, 0.3) is 0 Å². The van der Waals surface area contributed by atoms with E-state index in [0.717, 1.165) is 11.1 Å². The van der Waals surface area contributed by atoms with Crippen molar-refractivity contribution in [2.45, 2.75) is 32.3 Å². The van der Waals surface area contributed by atoms with E-state index in [1.54, 1.807) is 18.6 Å². The number of rotatable bonds is 2. The first-order valence-corrected chi connectivity index (χ1v) is 5.79. The summed E-state index contributed by atoms with van der Waals surface area (Å²) < 4.78 is 4.98. The van der Waals surface area contributed by atoms with Crippen molar-refractivity contribution in [1.29, 1.82) is 0 Å². The lowest BCUT2D eigenvalue weighted by molar-refractivity contribution is 0.219. The van der Waals surface area contributed by atoms with Crippen molar-refractivity contribution in [1.82, 2.24) is 0 Å². The Balaban J connectivity index is 2.24. The number of hydrogen-bond acceptors (Lipinski definition) is 2. The van der Waals surface area contributed by atoms with E-state index in [2.05, 4.69) is 32.9 Å². The van der Waals surface area contributed by atoms with E-state index >= 15 is 0 Å². The molecule has 0 aliphatic heterocycles. The highest BCUT2D eigenvalue weighted by Crippen LogP contribution is 2.26. The maximum Gasteiger partial charge on any atom is 0.107 e. The third-order valence-electron chi connectivity index (χ3n) is 2.95. The van der Waals surface area contributed by atoms with Crippen molar-refractivity contribution >= 4 is 0 Å². The second kappa shape index (κ2) is 4.38. The maximum atomic E-state index is 10.1. The monoisotopic (exact) mass is 230 g/mol. The van der Waals surface area contributed by atoms with Crippen molar-refractivity contribution in [2.75, 3.05) is 0 Å². The zero-order valence-corrected chi connectivity index (χ0v) is 10.5. The Labute approximate surface area is 102 Å². The van der Waals surface area contributed by atoms with Crippen molar-refractivity contribution in [3.05, 3.63) is 59.5 Å². The summed E-state index contributed by atoms with van der Waals surface area (Å²) in [7, 11) is 0. The molecule has 1 aromatic heterocycles. The molecule has 0 amide bonds. The molecule has 0 fully saturated rings. The summed E-state index contributed by atoms with van der Waals surface area (Å²) in [6, 6.07) is 9.86. The van der Waals surface area contributed by atoms with Gasteiger partial charge in [0.15, 0.2) is 0 Å². The highest BCUT2D eigenvalue weighted by atomic mass is 16.3. The molecule has 0 unspecified atom stereocenters.